The van der Waals surface area contributed by atoms with Crippen LogP contribution in [-0.2, 0) is 6.54 Å². The molecule has 0 spiro atoms. The number of benzene rings is 1. The molecule has 0 aliphatic carbocycles. The van der Waals surface area contributed by atoms with Crippen LogP contribution in [0.2, 0.25) is 0 Å². The quantitative estimate of drug-likeness (QED) is 0.848. The number of nitrogens with zero attached hydrogens (tertiary/aromatic N) is 2. The summed E-state index contributed by atoms with van der Waals surface area (Å²) < 4.78 is 6.75. The zero-order chi connectivity index (χ0) is 14.0. The lowest BCUT2D eigenvalue weighted by atomic mass is 10.1. The normalized spacial score (nSPS) is 10.5. The average Bonchev–Trinajstić information content (AvgIpc) is 2.36. The summed E-state index contributed by atoms with van der Waals surface area (Å²) in [4.78, 5) is 16.3. The topological polar surface area (TPSA) is 44.1 Å². The van der Waals surface area contributed by atoms with Crippen LogP contribution in [0.3, 0.4) is 0 Å². The molecule has 0 saturated heterocycles. The van der Waals surface area contributed by atoms with E-state index in [2.05, 4.69) is 23.2 Å². The van der Waals surface area contributed by atoms with Gasteiger partial charge in [-0.15, -0.1) is 0 Å². The molecule has 0 aliphatic rings. The molecule has 0 aliphatic heterocycles. The summed E-state index contributed by atoms with van der Waals surface area (Å²) >= 11 is 0. The van der Waals surface area contributed by atoms with E-state index in [4.69, 9.17) is 4.74 Å². The Labute approximate surface area is 112 Å². The Kier molecular flexibility index (Phi) is 3.69. The molecule has 2 rings (SSSR count). The highest BCUT2D eigenvalue weighted by atomic mass is 16.5. The zero-order valence-electron chi connectivity index (χ0n) is 11.7. The molecule has 0 amide bonds. The molecule has 4 nitrogen and oxygen atoms in total. The van der Waals surface area contributed by atoms with Gasteiger partial charge in [-0.1, -0.05) is 23.8 Å². The third-order valence-corrected chi connectivity index (χ3v) is 3.12. The average molecular weight is 258 g/mol. The third kappa shape index (κ3) is 2.84. The van der Waals surface area contributed by atoms with Gasteiger partial charge in [-0.3, -0.25) is 9.36 Å². The standard InChI is InChI=1S/C15H18N2O2/c1-10-5-6-11(2)13(7-10)9-17-14(18)8-12(3)16-15(17)19-4/h5-8H,9H2,1-4H3. The predicted octanol–water partition coefficient (Wildman–Crippen LogP) is 2.23. The number of rotatable bonds is 3. The third-order valence-electron chi connectivity index (χ3n) is 3.12. The summed E-state index contributed by atoms with van der Waals surface area (Å²) in [6, 6.07) is 8.08. The van der Waals surface area contributed by atoms with Gasteiger partial charge in [0.1, 0.15) is 0 Å². The van der Waals surface area contributed by atoms with Crippen molar-refractivity contribution in [2.24, 2.45) is 0 Å². The van der Waals surface area contributed by atoms with Crippen molar-refractivity contribution in [2.45, 2.75) is 27.3 Å². The van der Waals surface area contributed by atoms with Gasteiger partial charge in [-0.25, -0.2) is 4.98 Å². The number of hydrogen-bond donors (Lipinski definition) is 0. The van der Waals surface area contributed by atoms with E-state index in [1.54, 1.807) is 11.5 Å². The molecular formula is C15H18N2O2. The van der Waals surface area contributed by atoms with Gasteiger partial charge in [0.2, 0.25) is 0 Å². The fourth-order valence-electron chi connectivity index (χ4n) is 2.04. The van der Waals surface area contributed by atoms with Crippen LogP contribution in [0, 0.1) is 20.8 Å². The zero-order valence-corrected chi connectivity index (χ0v) is 11.7. The molecule has 19 heavy (non-hydrogen) atoms. The molecule has 0 radical (unpaired) electrons. The van der Waals surface area contributed by atoms with E-state index < -0.39 is 0 Å². The van der Waals surface area contributed by atoms with E-state index in [0.29, 0.717) is 18.2 Å². The number of hydrogen-bond acceptors (Lipinski definition) is 3. The van der Waals surface area contributed by atoms with Gasteiger partial charge in [-0.2, -0.15) is 0 Å². The summed E-state index contributed by atoms with van der Waals surface area (Å²) in [6.07, 6.45) is 0. The van der Waals surface area contributed by atoms with Crippen molar-refractivity contribution < 1.29 is 4.74 Å². The Morgan fingerprint density at radius 3 is 2.63 bits per heavy atom. The summed E-state index contributed by atoms with van der Waals surface area (Å²) in [6.45, 7) is 6.33. The Hall–Kier alpha value is -2.10. The summed E-state index contributed by atoms with van der Waals surface area (Å²) in [5.41, 5.74) is 4.00. The highest BCUT2D eigenvalue weighted by Crippen LogP contribution is 2.14. The van der Waals surface area contributed by atoms with Crippen LogP contribution in [-0.4, -0.2) is 16.7 Å². The van der Waals surface area contributed by atoms with Crippen LogP contribution in [0.15, 0.2) is 29.1 Å². The Balaban J connectivity index is 2.49. The lowest BCUT2D eigenvalue weighted by Crippen LogP contribution is -2.23. The maximum atomic E-state index is 12.1. The fraction of sp³-hybridized carbons (Fsp3) is 0.333. The summed E-state index contributed by atoms with van der Waals surface area (Å²) in [7, 11) is 1.53. The van der Waals surface area contributed by atoms with E-state index in [1.165, 1.54) is 18.7 Å². The molecule has 0 fully saturated rings. The first-order valence-corrected chi connectivity index (χ1v) is 6.20. The Morgan fingerprint density at radius 1 is 1.21 bits per heavy atom. The van der Waals surface area contributed by atoms with Gasteiger partial charge < -0.3 is 4.74 Å². The van der Waals surface area contributed by atoms with Crippen molar-refractivity contribution in [3.05, 3.63) is 57.0 Å². The Bertz CT molecular complexity index is 660. The first-order valence-electron chi connectivity index (χ1n) is 6.20. The molecule has 2 aromatic rings. The van der Waals surface area contributed by atoms with E-state index in [9.17, 15) is 4.79 Å². The second-order valence-corrected chi connectivity index (χ2v) is 4.74. The second-order valence-electron chi connectivity index (χ2n) is 4.74. The van der Waals surface area contributed by atoms with E-state index in [1.807, 2.05) is 13.8 Å². The van der Waals surface area contributed by atoms with Gasteiger partial charge in [0.05, 0.1) is 13.7 Å². The molecule has 1 heterocycles. The SMILES string of the molecule is COc1nc(C)cc(=O)n1Cc1cc(C)ccc1C. The van der Waals surface area contributed by atoms with Crippen LogP contribution in [0.25, 0.3) is 0 Å². The van der Waals surface area contributed by atoms with E-state index in [0.717, 1.165) is 11.1 Å². The van der Waals surface area contributed by atoms with Crippen LogP contribution in [0.4, 0.5) is 0 Å². The predicted molar refractivity (Wildman–Crippen MR) is 74.8 cm³/mol. The van der Waals surface area contributed by atoms with Crippen LogP contribution >= 0.6 is 0 Å². The van der Waals surface area contributed by atoms with E-state index >= 15 is 0 Å². The number of methoxy groups -OCH3 is 1. The largest absolute Gasteiger partial charge is 0.468 e. The molecule has 4 heteroatoms. The van der Waals surface area contributed by atoms with Crippen LogP contribution < -0.4 is 10.3 Å². The monoisotopic (exact) mass is 258 g/mol. The van der Waals surface area contributed by atoms with Crippen molar-refractivity contribution in [3.63, 3.8) is 0 Å². The molecule has 1 aromatic carbocycles. The highest BCUT2D eigenvalue weighted by Gasteiger charge is 2.09. The lowest BCUT2D eigenvalue weighted by Gasteiger charge is -2.13. The molecular weight excluding hydrogens is 240 g/mol. The minimum atomic E-state index is -0.0924. The smallest absolute Gasteiger partial charge is 0.299 e. The van der Waals surface area contributed by atoms with Gasteiger partial charge in [-0.05, 0) is 31.9 Å². The first kappa shape index (κ1) is 13.3. The number of ether oxygens (including phenoxy) is 1. The summed E-state index contributed by atoms with van der Waals surface area (Å²) in [5, 5.41) is 0. The number of aryl methyl sites for hydroxylation is 3. The maximum absolute atomic E-state index is 12.1. The van der Waals surface area contributed by atoms with Crippen molar-refractivity contribution in [1.82, 2.24) is 9.55 Å². The van der Waals surface area contributed by atoms with Crippen LogP contribution in [0.1, 0.15) is 22.4 Å². The molecule has 0 unspecified atom stereocenters. The molecule has 0 atom stereocenters. The van der Waals surface area contributed by atoms with Gasteiger partial charge in [0.15, 0.2) is 0 Å². The molecule has 100 valence electrons. The minimum absolute atomic E-state index is 0.0924. The molecule has 0 bridgehead atoms. The number of aromatic nitrogens is 2. The van der Waals surface area contributed by atoms with Crippen molar-refractivity contribution in [3.8, 4) is 6.01 Å². The lowest BCUT2D eigenvalue weighted by molar-refractivity contribution is 0.349. The summed E-state index contributed by atoms with van der Waals surface area (Å²) in [5.74, 6) is 0. The van der Waals surface area contributed by atoms with Crippen molar-refractivity contribution in [1.29, 1.82) is 0 Å². The first-order chi connectivity index (χ1) is 9.01. The van der Waals surface area contributed by atoms with Gasteiger partial charge in [0, 0.05) is 11.8 Å². The van der Waals surface area contributed by atoms with Crippen molar-refractivity contribution in [2.75, 3.05) is 7.11 Å². The van der Waals surface area contributed by atoms with Crippen LogP contribution in [0.5, 0.6) is 6.01 Å². The van der Waals surface area contributed by atoms with Gasteiger partial charge >= 0.3 is 0 Å². The van der Waals surface area contributed by atoms with Gasteiger partial charge in [0.25, 0.3) is 11.6 Å². The van der Waals surface area contributed by atoms with E-state index in [-0.39, 0.29) is 5.56 Å². The van der Waals surface area contributed by atoms with Crippen molar-refractivity contribution >= 4 is 0 Å². The highest BCUT2D eigenvalue weighted by molar-refractivity contribution is 5.31. The fourth-order valence-corrected chi connectivity index (χ4v) is 2.04. The Morgan fingerprint density at radius 2 is 1.95 bits per heavy atom. The molecule has 0 N–H and O–H groups in total. The molecule has 0 saturated carbocycles. The minimum Gasteiger partial charge on any atom is -0.468 e. The second kappa shape index (κ2) is 5.26. The molecule has 1 aromatic heterocycles. The maximum Gasteiger partial charge on any atom is 0.299 e.